The Hall–Kier alpha value is -4.19. The van der Waals surface area contributed by atoms with Crippen molar-refractivity contribution >= 4 is 17.9 Å². The lowest BCUT2D eigenvalue weighted by atomic mass is 10.0. The number of carbonyl (C=O) groups excluding carboxylic acids is 3. The van der Waals surface area contributed by atoms with E-state index in [1.54, 1.807) is 0 Å². The Morgan fingerprint density at radius 2 is 0.494 bits per heavy atom. The predicted octanol–water partition coefficient (Wildman–Crippen LogP) is 22.8. The lowest BCUT2D eigenvalue weighted by Crippen LogP contribution is -2.30. The summed E-state index contributed by atoms with van der Waals surface area (Å²) in [7, 11) is 0. The van der Waals surface area contributed by atoms with Crippen LogP contribution >= 0.6 is 0 Å². The van der Waals surface area contributed by atoms with Gasteiger partial charge in [0.2, 0.25) is 0 Å². The van der Waals surface area contributed by atoms with Crippen molar-refractivity contribution in [2.45, 2.75) is 309 Å². The van der Waals surface area contributed by atoms with Gasteiger partial charge in [0.05, 0.1) is 0 Å². The van der Waals surface area contributed by atoms with E-state index in [0.29, 0.717) is 19.3 Å². The van der Waals surface area contributed by atoms with E-state index in [-0.39, 0.29) is 31.1 Å². The second-order valence-corrected chi connectivity index (χ2v) is 21.6. The molecule has 0 aliphatic carbocycles. The number of rotatable bonds is 59. The van der Waals surface area contributed by atoms with Crippen molar-refractivity contribution in [1.82, 2.24) is 0 Å². The zero-order valence-electron chi connectivity index (χ0n) is 51.6. The summed E-state index contributed by atoms with van der Waals surface area (Å²) >= 11 is 0. The highest BCUT2D eigenvalue weighted by atomic mass is 16.6. The standard InChI is InChI=1S/C73H122O6/c1-4-7-10-13-16-19-22-25-27-29-31-32-33-34-35-36-37-38-39-40-42-43-45-48-51-54-57-60-63-66-72(75)78-69-70(68-77-71(74)65-62-59-56-53-50-47-24-21-18-15-12-9-6-3)79-73(76)67-64-61-58-55-52-49-46-44-41-30-28-26-23-20-17-14-11-8-5-2/h7,9-10,12,16-21,25-28,31-32,41,44,47,50,70H,4-6,8,11,13-15,22-24,29-30,33-40,42-43,45-46,48-49,51-69H2,1-3H3/b10-7-,12-9-,19-16-,20-17-,21-18-,27-25-,28-26-,32-31-,44-41-,50-47-. The van der Waals surface area contributed by atoms with E-state index in [0.717, 1.165) is 135 Å². The molecule has 0 aromatic rings. The molecule has 1 unspecified atom stereocenters. The summed E-state index contributed by atoms with van der Waals surface area (Å²) in [4.78, 5) is 38.3. The van der Waals surface area contributed by atoms with Crippen LogP contribution in [0.25, 0.3) is 0 Å². The van der Waals surface area contributed by atoms with Crippen molar-refractivity contribution in [3.8, 4) is 0 Å². The molecule has 0 aromatic carbocycles. The molecule has 6 nitrogen and oxygen atoms in total. The molecule has 450 valence electrons. The minimum atomic E-state index is -0.800. The molecule has 1 atom stereocenters. The van der Waals surface area contributed by atoms with Crippen LogP contribution in [-0.4, -0.2) is 37.2 Å². The molecule has 6 heteroatoms. The Kier molecular flexibility index (Phi) is 62.8. The lowest BCUT2D eigenvalue weighted by Gasteiger charge is -2.18. The minimum absolute atomic E-state index is 0.0934. The van der Waals surface area contributed by atoms with Gasteiger partial charge in [-0.25, -0.2) is 0 Å². The zero-order chi connectivity index (χ0) is 57.1. The monoisotopic (exact) mass is 1090 g/mol. The second kappa shape index (κ2) is 66.3. The SMILES string of the molecule is CC/C=C\C/C=C\C/C=C\C/C=C\CCCCCCCCCCCCCCCCCCC(=O)OCC(COC(=O)CCCCC/C=C\C/C=C\C/C=C\CC)OC(=O)CCCCCCCC/C=C\C/C=C\C/C=C\CCCCC. The maximum absolute atomic E-state index is 12.9. The van der Waals surface area contributed by atoms with Crippen LogP contribution in [0.4, 0.5) is 0 Å². The maximum atomic E-state index is 12.9. The molecule has 0 saturated carbocycles. The Balaban J connectivity index is 4.29. The van der Waals surface area contributed by atoms with Crippen molar-refractivity contribution in [1.29, 1.82) is 0 Å². The molecule has 0 heterocycles. The van der Waals surface area contributed by atoms with Gasteiger partial charge in [0.25, 0.3) is 0 Å². The molecular weight excluding hydrogens is 973 g/mol. The second-order valence-electron chi connectivity index (χ2n) is 21.6. The van der Waals surface area contributed by atoms with Gasteiger partial charge in [0.15, 0.2) is 6.10 Å². The first-order valence-corrected chi connectivity index (χ1v) is 33.0. The maximum Gasteiger partial charge on any atom is 0.306 e. The Morgan fingerprint density at radius 1 is 0.266 bits per heavy atom. The van der Waals surface area contributed by atoms with Crippen LogP contribution in [0.3, 0.4) is 0 Å². The van der Waals surface area contributed by atoms with Gasteiger partial charge in [-0.05, 0) is 128 Å². The van der Waals surface area contributed by atoms with E-state index in [4.69, 9.17) is 14.2 Å². The molecule has 0 aliphatic rings. The molecule has 0 aliphatic heterocycles. The number of carbonyl (C=O) groups is 3. The van der Waals surface area contributed by atoms with Gasteiger partial charge >= 0.3 is 17.9 Å². The Morgan fingerprint density at radius 3 is 0.785 bits per heavy atom. The highest BCUT2D eigenvalue weighted by molar-refractivity contribution is 5.71. The third-order valence-electron chi connectivity index (χ3n) is 13.9. The third-order valence-corrected chi connectivity index (χ3v) is 13.9. The van der Waals surface area contributed by atoms with Gasteiger partial charge in [-0.2, -0.15) is 0 Å². The van der Waals surface area contributed by atoms with E-state index in [1.807, 2.05) is 0 Å². The van der Waals surface area contributed by atoms with Crippen molar-refractivity contribution in [3.05, 3.63) is 122 Å². The number of hydrogen-bond donors (Lipinski definition) is 0. The highest BCUT2D eigenvalue weighted by Crippen LogP contribution is 2.16. The van der Waals surface area contributed by atoms with Crippen LogP contribution < -0.4 is 0 Å². The molecule has 0 N–H and O–H groups in total. The van der Waals surface area contributed by atoms with Crippen LogP contribution in [0.15, 0.2) is 122 Å². The first-order valence-electron chi connectivity index (χ1n) is 33.0. The van der Waals surface area contributed by atoms with Crippen molar-refractivity contribution in [2.75, 3.05) is 13.2 Å². The minimum Gasteiger partial charge on any atom is -0.462 e. The summed E-state index contributed by atoms with van der Waals surface area (Å²) in [5.41, 5.74) is 0. The van der Waals surface area contributed by atoms with Crippen molar-refractivity contribution in [3.63, 3.8) is 0 Å². The van der Waals surface area contributed by atoms with Crippen LogP contribution in [0, 0.1) is 0 Å². The lowest BCUT2D eigenvalue weighted by molar-refractivity contribution is -0.167. The topological polar surface area (TPSA) is 78.9 Å². The fraction of sp³-hybridized carbons (Fsp3) is 0.685. The Bertz CT molecular complexity index is 1640. The smallest absolute Gasteiger partial charge is 0.306 e. The van der Waals surface area contributed by atoms with Crippen LogP contribution in [0.2, 0.25) is 0 Å². The van der Waals surface area contributed by atoms with E-state index < -0.39 is 6.10 Å². The molecule has 79 heavy (non-hydrogen) atoms. The summed E-state index contributed by atoms with van der Waals surface area (Å²) in [6.07, 6.45) is 92.2. The van der Waals surface area contributed by atoms with E-state index in [2.05, 4.69) is 142 Å². The summed E-state index contributed by atoms with van der Waals surface area (Å²) in [5, 5.41) is 0. The van der Waals surface area contributed by atoms with E-state index >= 15 is 0 Å². The number of esters is 3. The fourth-order valence-electron chi connectivity index (χ4n) is 9.04. The number of hydrogen-bond acceptors (Lipinski definition) is 6. The van der Waals surface area contributed by atoms with Gasteiger partial charge in [0.1, 0.15) is 13.2 Å². The molecule has 0 amide bonds. The molecule has 0 radical (unpaired) electrons. The molecular formula is C73H122O6. The average molecular weight is 1100 g/mol. The average Bonchev–Trinajstić information content (AvgIpc) is 3.45. The molecule has 0 spiro atoms. The van der Waals surface area contributed by atoms with Crippen molar-refractivity contribution < 1.29 is 28.6 Å². The first kappa shape index (κ1) is 74.8. The summed E-state index contributed by atoms with van der Waals surface area (Å²) in [5.74, 6) is -0.930. The Labute approximate surface area is 488 Å². The molecule has 0 fully saturated rings. The number of ether oxygens (including phenoxy) is 3. The largest absolute Gasteiger partial charge is 0.462 e. The zero-order valence-corrected chi connectivity index (χ0v) is 51.6. The van der Waals surface area contributed by atoms with Gasteiger partial charge < -0.3 is 14.2 Å². The van der Waals surface area contributed by atoms with E-state index in [9.17, 15) is 14.4 Å². The van der Waals surface area contributed by atoms with Gasteiger partial charge in [-0.1, -0.05) is 277 Å². The molecule has 0 rings (SSSR count). The normalized spacial score (nSPS) is 12.9. The molecule has 0 bridgehead atoms. The van der Waals surface area contributed by atoms with Crippen molar-refractivity contribution in [2.24, 2.45) is 0 Å². The predicted molar refractivity (Wildman–Crippen MR) is 343 cm³/mol. The highest BCUT2D eigenvalue weighted by Gasteiger charge is 2.19. The van der Waals surface area contributed by atoms with Crippen LogP contribution in [0.5, 0.6) is 0 Å². The molecule has 0 aromatic heterocycles. The van der Waals surface area contributed by atoms with Crippen LogP contribution in [-0.2, 0) is 28.6 Å². The summed E-state index contributed by atoms with van der Waals surface area (Å²) < 4.78 is 16.9. The van der Waals surface area contributed by atoms with Gasteiger partial charge in [-0.3, -0.25) is 14.4 Å². The van der Waals surface area contributed by atoms with Gasteiger partial charge in [0, 0.05) is 19.3 Å². The number of allylic oxidation sites excluding steroid dienone is 20. The summed E-state index contributed by atoms with van der Waals surface area (Å²) in [6, 6.07) is 0. The quantitative estimate of drug-likeness (QED) is 0.0261. The third kappa shape index (κ3) is 64.5. The number of unbranched alkanes of at least 4 members (excludes halogenated alkanes) is 28. The first-order chi connectivity index (χ1) is 39.0. The van der Waals surface area contributed by atoms with Gasteiger partial charge in [-0.15, -0.1) is 0 Å². The fourth-order valence-corrected chi connectivity index (χ4v) is 9.04. The van der Waals surface area contributed by atoms with Crippen LogP contribution in [0.1, 0.15) is 303 Å². The molecule has 0 saturated heterocycles. The summed E-state index contributed by atoms with van der Waals surface area (Å²) in [6.45, 7) is 6.37. The van der Waals surface area contributed by atoms with E-state index in [1.165, 1.54) is 128 Å².